The maximum absolute atomic E-state index is 5.74. The van der Waals surface area contributed by atoms with E-state index in [4.69, 9.17) is 4.74 Å². The van der Waals surface area contributed by atoms with Crippen molar-refractivity contribution in [2.24, 2.45) is 0 Å². The molecule has 1 unspecified atom stereocenters. The number of nitrogens with one attached hydrogen (secondary N) is 1. The van der Waals surface area contributed by atoms with Gasteiger partial charge in [0.15, 0.2) is 0 Å². The number of morpholine rings is 1. The monoisotopic (exact) mass is 192 g/mol. The quantitative estimate of drug-likeness (QED) is 0.732. The van der Waals surface area contributed by atoms with E-state index >= 15 is 0 Å². The molecule has 1 aromatic rings. The van der Waals surface area contributed by atoms with Crippen LogP contribution in [0.1, 0.15) is 25.5 Å². The molecule has 2 heterocycles. The van der Waals surface area contributed by atoms with Crippen LogP contribution in [0.25, 0.3) is 0 Å². The smallest absolute Gasteiger partial charge is 0.0821 e. The summed E-state index contributed by atoms with van der Waals surface area (Å²) < 4.78 is 5.74. The summed E-state index contributed by atoms with van der Waals surface area (Å²) in [5.74, 6) is 0. The third kappa shape index (κ3) is 1.79. The molecule has 1 aliphatic heterocycles. The SMILES string of the molecule is CC1(C)OCCNC1c1cccnc1. The van der Waals surface area contributed by atoms with E-state index in [0.29, 0.717) is 0 Å². The van der Waals surface area contributed by atoms with Crippen LogP contribution in [0, 0.1) is 0 Å². The largest absolute Gasteiger partial charge is 0.372 e. The Kier molecular flexibility index (Phi) is 2.52. The fourth-order valence-corrected chi connectivity index (χ4v) is 1.91. The Morgan fingerprint density at radius 2 is 2.43 bits per heavy atom. The summed E-state index contributed by atoms with van der Waals surface area (Å²) in [6.45, 7) is 5.90. The van der Waals surface area contributed by atoms with E-state index in [-0.39, 0.29) is 11.6 Å². The average Bonchev–Trinajstić information content (AvgIpc) is 2.18. The zero-order chi connectivity index (χ0) is 10.0. The van der Waals surface area contributed by atoms with Crippen LogP contribution in [-0.4, -0.2) is 23.7 Å². The van der Waals surface area contributed by atoms with Crippen LogP contribution in [-0.2, 0) is 4.74 Å². The van der Waals surface area contributed by atoms with Gasteiger partial charge >= 0.3 is 0 Å². The number of hydrogen-bond acceptors (Lipinski definition) is 3. The fourth-order valence-electron chi connectivity index (χ4n) is 1.91. The van der Waals surface area contributed by atoms with Crippen LogP contribution in [0.2, 0.25) is 0 Å². The number of rotatable bonds is 1. The number of pyridine rings is 1. The molecule has 1 saturated heterocycles. The number of hydrogen-bond donors (Lipinski definition) is 1. The molecule has 14 heavy (non-hydrogen) atoms. The Labute approximate surface area is 84.5 Å². The highest BCUT2D eigenvalue weighted by molar-refractivity contribution is 5.18. The van der Waals surface area contributed by atoms with Gasteiger partial charge in [-0.3, -0.25) is 4.98 Å². The van der Waals surface area contributed by atoms with Gasteiger partial charge in [0.05, 0.1) is 18.2 Å². The number of aromatic nitrogens is 1. The highest BCUT2D eigenvalue weighted by Gasteiger charge is 2.34. The van der Waals surface area contributed by atoms with Gasteiger partial charge in [0, 0.05) is 18.9 Å². The summed E-state index contributed by atoms with van der Waals surface area (Å²) in [6, 6.07) is 4.29. The first-order chi connectivity index (χ1) is 6.70. The number of ether oxygens (including phenoxy) is 1. The molecular formula is C11H16N2O. The van der Waals surface area contributed by atoms with Gasteiger partial charge in [-0.2, -0.15) is 0 Å². The van der Waals surface area contributed by atoms with Crippen LogP contribution < -0.4 is 5.32 Å². The van der Waals surface area contributed by atoms with Crippen molar-refractivity contribution >= 4 is 0 Å². The first kappa shape index (κ1) is 9.62. The van der Waals surface area contributed by atoms with Gasteiger partial charge in [0.25, 0.3) is 0 Å². The minimum Gasteiger partial charge on any atom is -0.372 e. The highest BCUT2D eigenvalue weighted by atomic mass is 16.5. The zero-order valence-electron chi connectivity index (χ0n) is 8.66. The van der Waals surface area contributed by atoms with E-state index in [1.165, 1.54) is 5.56 Å². The first-order valence-corrected chi connectivity index (χ1v) is 4.97. The first-order valence-electron chi connectivity index (χ1n) is 4.97. The molecule has 0 aromatic carbocycles. The van der Waals surface area contributed by atoms with Crippen molar-refractivity contribution in [3.63, 3.8) is 0 Å². The van der Waals surface area contributed by atoms with Crippen LogP contribution in [0.3, 0.4) is 0 Å². The summed E-state index contributed by atoms with van der Waals surface area (Å²) in [5, 5.41) is 3.46. The zero-order valence-corrected chi connectivity index (χ0v) is 8.66. The van der Waals surface area contributed by atoms with E-state index in [1.807, 2.05) is 12.3 Å². The molecule has 0 aliphatic carbocycles. The van der Waals surface area contributed by atoms with Crippen molar-refractivity contribution in [3.05, 3.63) is 30.1 Å². The van der Waals surface area contributed by atoms with E-state index in [9.17, 15) is 0 Å². The highest BCUT2D eigenvalue weighted by Crippen LogP contribution is 2.30. The van der Waals surface area contributed by atoms with E-state index in [0.717, 1.165) is 13.2 Å². The van der Waals surface area contributed by atoms with Crippen LogP contribution in [0.15, 0.2) is 24.5 Å². The van der Waals surface area contributed by atoms with Gasteiger partial charge in [0.2, 0.25) is 0 Å². The summed E-state index contributed by atoms with van der Waals surface area (Å²) in [4.78, 5) is 4.13. The van der Waals surface area contributed by atoms with E-state index in [1.54, 1.807) is 6.20 Å². The Balaban J connectivity index is 2.24. The van der Waals surface area contributed by atoms with E-state index < -0.39 is 0 Å². The van der Waals surface area contributed by atoms with Crippen molar-refractivity contribution in [3.8, 4) is 0 Å². The van der Waals surface area contributed by atoms with Crippen LogP contribution in [0.5, 0.6) is 0 Å². The topological polar surface area (TPSA) is 34.1 Å². The molecule has 3 heteroatoms. The van der Waals surface area contributed by atoms with Crippen molar-refractivity contribution in [1.82, 2.24) is 10.3 Å². The molecule has 1 fully saturated rings. The summed E-state index contributed by atoms with van der Waals surface area (Å²) in [7, 11) is 0. The summed E-state index contributed by atoms with van der Waals surface area (Å²) >= 11 is 0. The molecular weight excluding hydrogens is 176 g/mol. The molecule has 0 saturated carbocycles. The lowest BCUT2D eigenvalue weighted by molar-refractivity contribution is -0.0723. The van der Waals surface area contributed by atoms with Crippen LogP contribution in [0.4, 0.5) is 0 Å². The molecule has 1 aliphatic rings. The third-order valence-corrected chi connectivity index (χ3v) is 2.64. The molecule has 76 valence electrons. The Bertz CT molecular complexity index is 297. The lowest BCUT2D eigenvalue weighted by Crippen LogP contribution is -2.48. The molecule has 0 spiro atoms. The predicted octanol–water partition coefficient (Wildman–Crippen LogP) is 1.52. The van der Waals surface area contributed by atoms with Gasteiger partial charge in [-0.1, -0.05) is 6.07 Å². The molecule has 0 bridgehead atoms. The van der Waals surface area contributed by atoms with Gasteiger partial charge in [0.1, 0.15) is 0 Å². The molecule has 1 aromatic heterocycles. The van der Waals surface area contributed by atoms with Gasteiger partial charge < -0.3 is 10.1 Å². The summed E-state index contributed by atoms with van der Waals surface area (Å²) in [6.07, 6.45) is 3.69. The predicted molar refractivity (Wildman–Crippen MR) is 55.0 cm³/mol. The second-order valence-electron chi connectivity index (χ2n) is 4.13. The Morgan fingerprint density at radius 1 is 1.57 bits per heavy atom. The summed E-state index contributed by atoms with van der Waals surface area (Å²) in [5.41, 5.74) is 1.04. The Hall–Kier alpha value is -0.930. The molecule has 0 amide bonds. The van der Waals surface area contributed by atoms with Gasteiger partial charge in [-0.25, -0.2) is 0 Å². The van der Waals surface area contributed by atoms with Gasteiger partial charge in [-0.05, 0) is 25.5 Å². The van der Waals surface area contributed by atoms with Crippen molar-refractivity contribution in [2.45, 2.75) is 25.5 Å². The molecule has 1 N–H and O–H groups in total. The molecule has 1 atom stereocenters. The number of nitrogens with zero attached hydrogens (tertiary/aromatic N) is 1. The minimum atomic E-state index is -0.152. The van der Waals surface area contributed by atoms with Gasteiger partial charge in [-0.15, -0.1) is 0 Å². The Morgan fingerprint density at radius 3 is 3.07 bits per heavy atom. The van der Waals surface area contributed by atoms with Crippen LogP contribution >= 0.6 is 0 Å². The maximum Gasteiger partial charge on any atom is 0.0821 e. The fraction of sp³-hybridized carbons (Fsp3) is 0.545. The average molecular weight is 192 g/mol. The second kappa shape index (κ2) is 3.67. The lowest BCUT2D eigenvalue weighted by atomic mass is 9.91. The van der Waals surface area contributed by atoms with Crippen molar-refractivity contribution in [1.29, 1.82) is 0 Å². The third-order valence-electron chi connectivity index (χ3n) is 2.64. The van der Waals surface area contributed by atoms with E-state index in [2.05, 4.69) is 30.2 Å². The lowest BCUT2D eigenvalue weighted by Gasteiger charge is -2.39. The normalized spacial score (nSPS) is 26.0. The molecule has 0 radical (unpaired) electrons. The molecule has 2 rings (SSSR count). The minimum absolute atomic E-state index is 0.152. The second-order valence-corrected chi connectivity index (χ2v) is 4.13. The maximum atomic E-state index is 5.74. The standard InChI is InChI=1S/C11H16N2O/c1-11(2)10(13-6-7-14-11)9-4-3-5-12-8-9/h3-5,8,10,13H,6-7H2,1-2H3. The van der Waals surface area contributed by atoms with Crippen molar-refractivity contribution in [2.75, 3.05) is 13.2 Å². The van der Waals surface area contributed by atoms with Crippen molar-refractivity contribution < 1.29 is 4.74 Å². The molecule has 3 nitrogen and oxygen atoms in total.